The Kier molecular flexibility index (Phi) is 6.97. The molecule has 8 nitrogen and oxygen atoms in total. The van der Waals surface area contributed by atoms with Gasteiger partial charge in [0.1, 0.15) is 6.04 Å². The minimum absolute atomic E-state index is 0.132. The van der Waals surface area contributed by atoms with Gasteiger partial charge in [0.05, 0.1) is 4.90 Å². The maximum Gasteiger partial charge on any atom is 0.246 e. The Bertz CT molecular complexity index is 1030. The van der Waals surface area contributed by atoms with Crippen LogP contribution in [0.3, 0.4) is 0 Å². The number of amides is 2. The van der Waals surface area contributed by atoms with Crippen LogP contribution in [0, 0.1) is 0 Å². The van der Waals surface area contributed by atoms with Crippen molar-refractivity contribution in [3.8, 4) is 0 Å². The summed E-state index contributed by atoms with van der Waals surface area (Å²) in [6.07, 6.45) is 1.45. The first-order chi connectivity index (χ1) is 14.7. The Balaban J connectivity index is 1.57. The molecule has 0 aromatic heterocycles. The average molecular weight is 445 g/mol. The van der Waals surface area contributed by atoms with Crippen LogP contribution in [0.1, 0.15) is 33.6 Å². The minimum atomic E-state index is -3.57. The Labute approximate surface area is 183 Å². The zero-order chi connectivity index (χ0) is 22.6. The van der Waals surface area contributed by atoms with Gasteiger partial charge >= 0.3 is 0 Å². The van der Waals surface area contributed by atoms with E-state index in [1.165, 1.54) is 12.1 Å². The van der Waals surface area contributed by atoms with E-state index < -0.39 is 16.1 Å². The minimum Gasteiger partial charge on any atom is -0.374 e. The van der Waals surface area contributed by atoms with Crippen molar-refractivity contribution in [2.24, 2.45) is 0 Å². The maximum atomic E-state index is 12.5. The molecule has 1 saturated heterocycles. The van der Waals surface area contributed by atoms with Crippen molar-refractivity contribution >= 4 is 38.9 Å². The normalized spacial score (nSPS) is 15.2. The summed E-state index contributed by atoms with van der Waals surface area (Å²) in [5, 5.41) is 5.90. The third kappa shape index (κ3) is 5.83. The lowest BCUT2D eigenvalue weighted by Gasteiger charge is -2.18. The summed E-state index contributed by atoms with van der Waals surface area (Å²) in [7, 11) is -3.57. The molecule has 2 aromatic carbocycles. The number of rotatable bonds is 8. The molecule has 3 N–H and O–H groups in total. The first kappa shape index (κ1) is 22.8. The van der Waals surface area contributed by atoms with E-state index >= 15 is 0 Å². The molecule has 1 unspecified atom stereocenters. The van der Waals surface area contributed by atoms with Crippen molar-refractivity contribution in [1.29, 1.82) is 0 Å². The van der Waals surface area contributed by atoms with E-state index in [9.17, 15) is 18.0 Å². The molecule has 1 heterocycles. The fraction of sp³-hybridized carbons (Fsp3) is 0.364. The molecule has 0 radical (unpaired) electrons. The first-order valence-corrected chi connectivity index (χ1v) is 11.7. The fourth-order valence-corrected chi connectivity index (χ4v) is 4.57. The Morgan fingerprint density at radius 1 is 0.968 bits per heavy atom. The number of benzene rings is 2. The van der Waals surface area contributed by atoms with Crippen LogP contribution in [0.15, 0.2) is 53.4 Å². The summed E-state index contributed by atoms with van der Waals surface area (Å²) in [6, 6.07) is 12.7. The van der Waals surface area contributed by atoms with Crippen LogP contribution < -0.4 is 20.3 Å². The van der Waals surface area contributed by atoms with Gasteiger partial charge in [-0.25, -0.2) is 13.1 Å². The van der Waals surface area contributed by atoms with Crippen LogP contribution in [-0.2, 0) is 19.6 Å². The Hall–Kier alpha value is -2.91. The lowest BCUT2D eigenvalue weighted by Crippen LogP contribution is -2.32. The highest BCUT2D eigenvalue weighted by molar-refractivity contribution is 7.89. The van der Waals surface area contributed by atoms with Gasteiger partial charge in [0.25, 0.3) is 0 Å². The topological polar surface area (TPSA) is 108 Å². The first-order valence-electron chi connectivity index (χ1n) is 10.3. The molecule has 9 heteroatoms. The van der Waals surface area contributed by atoms with Gasteiger partial charge in [-0.3, -0.25) is 9.59 Å². The van der Waals surface area contributed by atoms with E-state index in [0.29, 0.717) is 12.1 Å². The molecule has 0 saturated carbocycles. The largest absolute Gasteiger partial charge is 0.374 e. The summed E-state index contributed by atoms with van der Waals surface area (Å²) in [5.74, 6) is -0.123. The van der Waals surface area contributed by atoms with Gasteiger partial charge in [-0.05, 0) is 75.7 Å². The van der Waals surface area contributed by atoms with Gasteiger partial charge in [-0.2, -0.15) is 0 Å². The lowest BCUT2D eigenvalue weighted by atomic mass is 10.2. The molecule has 2 amide bonds. The van der Waals surface area contributed by atoms with E-state index in [4.69, 9.17) is 0 Å². The number of carbonyl (C=O) groups is 2. The monoisotopic (exact) mass is 444 g/mol. The third-order valence-electron chi connectivity index (χ3n) is 4.85. The second-order valence-corrected chi connectivity index (χ2v) is 9.57. The number of hydrogen-bond donors (Lipinski definition) is 3. The number of hydrogen-bond acceptors (Lipinski definition) is 5. The van der Waals surface area contributed by atoms with E-state index in [1.54, 1.807) is 37.8 Å². The Morgan fingerprint density at radius 2 is 1.58 bits per heavy atom. The van der Waals surface area contributed by atoms with Crippen LogP contribution >= 0.6 is 0 Å². The average Bonchev–Trinajstić information content (AvgIpc) is 3.14. The quantitative estimate of drug-likeness (QED) is 0.580. The van der Waals surface area contributed by atoms with Crippen LogP contribution in [-0.4, -0.2) is 38.9 Å². The lowest BCUT2D eigenvalue weighted by molar-refractivity contribution is -0.117. The third-order valence-corrected chi connectivity index (χ3v) is 6.53. The van der Waals surface area contributed by atoms with Crippen molar-refractivity contribution in [2.45, 2.75) is 50.6 Å². The molecular weight excluding hydrogens is 416 g/mol. The van der Waals surface area contributed by atoms with Crippen LogP contribution in [0.2, 0.25) is 0 Å². The second kappa shape index (κ2) is 9.49. The molecule has 1 aliphatic heterocycles. The van der Waals surface area contributed by atoms with Gasteiger partial charge in [-0.15, -0.1) is 0 Å². The van der Waals surface area contributed by atoms with Crippen LogP contribution in [0.25, 0.3) is 0 Å². The summed E-state index contributed by atoms with van der Waals surface area (Å²) in [4.78, 5) is 26.3. The van der Waals surface area contributed by atoms with E-state index in [0.717, 1.165) is 24.3 Å². The number of nitrogens with zero attached hydrogens (tertiary/aromatic N) is 1. The molecule has 2 aromatic rings. The van der Waals surface area contributed by atoms with Gasteiger partial charge in [0.2, 0.25) is 21.8 Å². The number of sulfonamides is 1. The number of carbonyl (C=O) groups excluding carboxylic acids is 2. The van der Waals surface area contributed by atoms with Crippen molar-refractivity contribution in [3.05, 3.63) is 48.5 Å². The van der Waals surface area contributed by atoms with Crippen molar-refractivity contribution in [2.75, 3.05) is 22.1 Å². The fourth-order valence-electron chi connectivity index (χ4n) is 3.32. The van der Waals surface area contributed by atoms with Crippen molar-refractivity contribution in [3.63, 3.8) is 0 Å². The molecule has 0 aliphatic carbocycles. The predicted molar refractivity (Wildman–Crippen MR) is 122 cm³/mol. The molecule has 0 bridgehead atoms. The number of nitrogens with one attached hydrogen (secondary N) is 3. The molecule has 1 atom stereocenters. The van der Waals surface area contributed by atoms with Gasteiger partial charge in [0.15, 0.2) is 0 Å². The highest BCUT2D eigenvalue weighted by atomic mass is 32.2. The second-order valence-electron chi connectivity index (χ2n) is 7.85. The van der Waals surface area contributed by atoms with Crippen LogP contribution in [0.4, 0.5) is 17.1 Å². The molecule has 1 aliphatic rings. The van der Waals surface area contributed by atoms with Gasteiger partial charge in [-0.1, -0.05) is 0 Å². The Morgan fingerprint density at radius 3 is 2.13 bits per heavy atom. The van der Waals surface area contributed by atoms with E-state index in [-0.39, 0.29) is 22.8 Å². The van der Waals surface area contributed by atoms with Crippen molar-refractivity contribution in [1.82, 2.24) is 4.72 Å². The zero-order valence-electron chi connectivity index (χ0n) is 17.9. The van der Waals surface area contributed by atoms with Crippen LogP contribution in [0.5, 0.6) is 0 Å². The highest BCUT2D eigenvalue weighted by Crippen LogP contribution is 2.23. The predicted octanol–water partition coefficient (Wildman–Crippen LogP) is 2.94. The summed E-state index contributed by atoms with van der Waals surface area (Å²) in [5.41, 5.74) is 2.12. The standard InChI is InChI=1S/C22H28N4O4S/c1-15(2)25-31(29,30)20-12-8-18(9-13-20)24-22(28)16(3)23-17-6-10-19(11-7-17)26-14-4-5-21(26)27/h6-13,15-16,23,25H,4-5,14H2,1-3H3,(H,24,28). The summed E-state index contributed by atoms with van der Waals surface area (Å²) in [6.45, 7) is 5.97. The van der Waals surface area contributed by atoms with Gasteiger partial charge in [0, 0.05) is 36.1 Å². The van der Waals surface area contributed by atoms with E-state index in [1.807, 2.05) is 24.3 Å². The van der Waals surface area contributed by atoms with E-state index in [2.05, 4.69) is 15.4 Å². The molecule has 0 spiro atoms. The van der Waals surface area contributed by atoms with Gasteiger partial charge < -0.3 is 15.5 Å². The summed E-state index contributed by atoms with van der Waals surface area (Å²) < 4.78 is 26.9. The zero-order valence-corrected chi connectivity index (χ0v) is 18.7. The number of anilines is 3. The molecule has 166 valence electrons. The smallest absolute Gasteiger partial charge is 0.246 e. The molecule has 31 heavy (non-hydrogen) atoms. The highest BCUT2D eigenvalue weighted by Gasteiger charge is 2.21. The molecule has 3 rings (SSSR count). The van der Waals surface area contributed by atoms with Crippen molar-refractivity contribution < 1.29 is 18.0 Å². The SMILES string of the molecule is CC(C)NS(=O)(=O)c1ccc(NC(=O)C(C)Nc2ccc(N3CCCC3=O)cc2)cc1. The molecule has 1 fully saturated rings. The maximum absolute atomic E-state index is 12.5. The summed E-state index contributed by atoms with van der Waals surface area (Å²) >= 11 is 0. The molecular formula is C22H28N4O4S.